The lowest BCUT2D eigenvalue weighted by molar-refractivity contribution is -0.161. The van der Waals surface area contributed by atoms with Crippen LogP contribution >= 0.6 is 0 Å². The molecule has 0 unspecified atom stereocenters. The third-order valence-corrected chi connectivity index (χ3v) is 10.8. The summed E-state index contributed by atoms with van der Waals surface area (Å²) in [5.41, 5.74) is 0. The van der Waals surface area contributed by atoms with Gasteiger partial charge >= 0.3 is 17.9 Å². The van der Waals surface area contributed by atoms with Crippen LogP contribution in [-0.2, 0) is 47.5 Å². The van der Waals surface area contributed by atoms with Gasteiger partial charge in [0.25, 0.3) is 0 Å². The second kappa shape index (κ2) is 45.3. The molecule has 1 heterocycles. The first-order chi connectivity index (χ1) is 31.4. The number of carbonyl (C=O) groups excluding carboxylic acids is 3. The Labute approximate surface area is 390 Å². The maximum absolute atomic E-state index is 12.9. The smallest absolute Gasteiger partial charge is 0.306 e. The Balaban J connectivity index is 2.68. The Kier molecular flexibility index (Phi) is 41.9. The molecule has 0 N–H and O–H groups in total. The van der Waals surface area contributed by atoms with Crippen molar-refractivity contribution >= 4 is 17.9 Å². The fourth-order valence-corrected chi connectivity index (χ4v) is 7.07. The summed E-state index contributed by atoms with van der Waals surface area (Å²) in [4.78, 5) is 41.2. The van der Waals surface area contributed by atoms with Gasteiger partial charge in [-0.15, -0.1) is 0 Å². The van der Waals surface area contributed by atoms with E-state index in [-0.39, 0.29) is 44.0 Å². The molecular formula is C53H93NO10. The van der Waals surface area contributed by atoms with E-state index in [0.717, 1.165) is 129 Å². The van der Waals surface area contributed by atoms with E-state index in [9.17, 15) is 14.4 Å². The SMILES string of the molecule is CC/C=C\CCCCOC(CCC(=O)OCCC(CCOC(=O)CCC(OCCCC/C=C\CC)OCCCC/C=C\CC)OC(=O)CCCN1CCCC1)OCCCC/C=C\CC. The van der Waals surface area contributed by atoms with Crippen LogP contribution < -0.4 is 0 Å². The van der Waals surface area contributed by atoms with Crippen molar-refractivity contribution in [1.29, 1.82) is 0 Å². The van der Waals surface area contributed by atoms with Gasteiger partial charge in [-0.05, 0) is 142 Å². The third-order valence-electron chi connectivity index (χ3n) is 10.8. The van der Waals surface area contributed by atoms with Gasteiger partial charge in [0.1, 0.15) is 6.10 Å². The van der Waals surface area contributed by atoms with E-state index in [1.807, 2.05) is 0 Å². The van der Waals surface area contributed by atoms with E-state index in [1.54, 1.807) is 0 Å². The van der Waals surface area contributed by atoms with Crippen molar-refractivity contribution in [3.8, 4) is 0 Å². The summed E-state index contributed by atoms with van der Waals surface area (Å²) in [6.45, 7) is 14.0. The molecule has 370 valence electrons. The normalized spacial score (nSPS) is 13.7. The highest BCUT2D eigenvalue weighted by Gasteiger charge is 2.20. The Morgan fingerprint density at radius 3 is 1.17 bits per heavy atom. The lowest BCUT2D eigenvalue weighted by atomic mass is 10.2. The van der Waals surface area contributed by atoms with Gasteiger partial charge in [0.2, 0.25) is 0 Å². The van der Waals surface area contributed by atoms with Crippen molar-refractivity contribution < 1.29 is 47.5 Å². The minimum atomic E-state index is -0.558. The molecule has 1 rings (SSSR count). The first-order valence-corrected chi connectivity index (χ1v) is 25.7. The van der Waals surface area contributed by atoms with Crippen LogP contribution in [-0.4, -0.2) is 101 Å². The van der Waals surface area contributed by atoms with Crippen LogP contribution in [0.5, 0.6) is 0 Å². The summed E-state index contributed by atoms with van der Waals surface area (Å²) < 4.78 is 41.4. The first-order valence-electron chi connectivity index (χ1n) is 25.7. The van der Waals surface area contributed by atoms with Crippen LogP contribution in [0.1, 0.15) is 195 Å². The molecule has 1 saturated heterocycles. The van der Waals surface area contributed by atoms with E-state index in [0.29, 0.717) is 58.5 Å². The van der Waals surface area contributed by atoms with Gasteiger partial charge in [0.15, 0.2) is 12.6 Å². The summed E-state index contributed by atoms with van der Waals surface area (Å²) in [7, 11) is 0. The molecule has 64 heavy (non-hydrogen) atoms. The molecule has 0 atom stereocenters. The number of rotatable bonds is 45. The van der Waals surface area contributed by atoms with Gasteiger partial charge in [0.05, 0.1) is 26.1 Å². The van der Waals surface area contributed by atoms with Crippen molar-refractivity contribution in [2.45, 2.75) is 213 Å². The van der Waals surface area contributed by atoms with E-state index < -0.39 is 18.7 Å². The van der Waals surface area contributed by atoms with Crippen LogP contribution in [0.15, 0.2) is 48.6 Å². The Morgan fingerprint density at radius 2 is 0.812 bits per heavy atom. The van der Waals surface area contributed by atoms with Crippen LogP contribution in [0.4, 0.5) is 0 Å². The zero-order valence-corrected chi connectivity index (χ0v) is 41.1. The molecule has 1 aliphatic rings. The number of unbranched alkanes of at least 4 members (excludes halogenated alkanes) is 8. The number of allylic oxidation sites excluding steroid dienone is 8. The van der Waals surface area contributed by atoms with Crippen molar-refractivity contribution in [2.75, 3.05) is 59.3 Å². The maximum atomic E-state index is 12.9. The highest BCUT2D eigenvalue weighted by atomic mass is 16.7. The van der Waals surface area contributed by atoms with E-state index in [2.05, 4.69) is 81.2 Å². The van der Waals surface area contributed by atoms with Crippen molar-refractivity contribution in [2.24, 2.45) is 0 Å². The van der Waals surface area contributed by atoms with E-state index >= 15 is 0 Å². The third kappa shape index (κ3) is 38.4. The first kappa shape index (κ1) is 59.2. The quantitative estimate of drug-likeness (QED) is 0.0191. The molecule has 0 aliphatic carbocycles. The van der Waals surface area contributed by atoms with Crippen LogP contribution in [0.25, 0.3) is 0 Å². The van der Waals surface area contributed by atoms with Crippen molar-refractivity contribution in [3.63, 3.8) is 0 Å². The highest BCUT2D eigenvalue weighted by molar-refractivity contribution is 5.70. The minimum Gasteiger partial charge on any atom is -0.466 e. The minimum absolute atomic E-state index is 0.0849. The largest absolute Gasteiger partial charge is 0.466 e. The van der Waals surface area contributed by atoms with Gasteiger partial charge in [-0.3, -0.25) is 14.4 Å². The molecule has 0 aromatic rings. The maximum Gasteiger partial charge on any atom is 0.306 e. The fraction of sp³-hybridized carbons (Fsp3) is 0.792. The molecule has 0 radical (unpaired) electrons. The predicted octanol–water partition coefficient (Wildman–Crippen LogP) is 12.5. The molecule has 0 bridgehead atoms. The zero-order valence-electron chi connectivity index (χ0n) is 41.1. The van der Waals surface area contributed by atoms with Gasteiger partial charge in [-0.2, -0.15) is 0 Å². The molecule has 1 fully saturated rings. The number of ether oxygens (including phenoxy) is 7. The lowest BCUT2D eigenvalue weighted by Gasteiger charge is -2.20. The summed E-state index contributed by atoms with van der Waals surface area (Å²) in [6, 6.07) is 0. The second-order valence-corrected chi connectivity index (χ2v) is 16.7. The van der Waals surface area contributed by atoms with Gasteiger partial charge < -0.3 is 38.1 Å². The molecule has 11 nitrogen and oxygen atoms in total. The number of esters is 3. The van der Waals surface area contributed by atoms with E-state index in [4.69, 9.17) is 33.2 Å². The summed E-state index contributed by atoms with van der Waals surface area (Å²) in [5.74, 6) is -0.995. The van der Waals surface area contributed by atoms with Crippen LogP contribution in [0, 0.1) is 0 Å². The van der Waals surface area contributed by atoms with E-state index in [1.165, 1.54) is 12.8 Å². The topological polar surface area (TPSA) is 119 Å². The zero-order chi connectivity index (χ0) is 46.4. The number of likely N-dealkylation sites (tertiary alicyclic amines) is 1. The Bertz CT molecular complexity index is 1090. The molecule has 0 spiro atoms. The average Bonchev–Trinajstić information content (AvgIpc) is 3.81. The Hall–Kier alpha value is -2.83. The molecule has 0 aromatic heterocycles. The van der Waals surface area contributed by atoms with Crippen molar-refractivity contribution in [1.82, 2.24) is 4.90 Å². The average molecular weight is 904 g/mol. The van der Waals surface area contributed by atoms with Crippen LogP contribution in [0.3, 0.4) is 0 Å². The van der Waals surface area contributed by atoms with Gasteiger partial charge in [0, 0.05) is 58.5 Å². The molecular weight excluding hydrogens is 811 g/mol. The molecule has 0 aromatic carbocycles. The number of hydrogen-bond acceptors (Lipinski definition) is 11. The second-order valence-electron chi connectivity index (χ2n) is 16.7. The monoisotopic (exact) mass is 904 g/mol. The van der Waals surface area contributed by atoms with Gasteiger partial charge in [-0.25, -0.2) is 0 Å². The number of nitrogens with zero attached hydrogens (tertiary/aromatic N) is 1. The summed E-state index contributed by atoms with van der Waals surface area (Å²) in [5, 5.41) is 0. The Morgan fingerprint density at radius 1 is 0.438 bits per heavy atom. The molecule has 0 amide bonds. The fourth-order valence-electron chi connectivity index (χ4n) is 7.07. The van der Waals surface area contributed by atoms with Crippen LogP contribution in [0.2, 0.25) is 0 Å². The number of hydrogen-bond donors (Lipinski definition) is 0. The molecule has 1 aliphatic heterocycles. The molecule has 11 heteroatoms. The predicted molar refractivity (Wildman–Crippen MR) is 259 cm³/mol. The summed E-state index contributed by atoms with van der Waals surface area (Å²) in [6.07, 6.45) is 37.4. The standard InChI is InChI=1S/C53H93NO10/c1-5-9-13-17-21-27-42-60-52(61-43-28-22-18-14-10-6-2)35-33-49(55)58-46-37-48(64-51(57)32-31-41-54-39-25-26-40-54)38-47-59-50(56)34-36-53(62-44-29-23-19-15-11-7-3)63-45-30-24-20-16-12-8-4/h9-16,48,52-53H,5-8,17-47H2,1-4H3/b13-9-,14-10-,15-11-,16-12-. The molecule has 0 saturated carbocycles. The lowest BCUT2D eigenvalue weighted by Crippen LogP contribution is -2.25. The van der Waals surface area contributed by atoms with Gasteiger partial charge in [-0.1, -0.05) is 76.3 Å². The summed E-state index contributed by atoms with van der Waals surface area (Å²) >= 11 is 0. The highest BCUT2D eigenvalue weighted by Crippen LogP contribution is 2.15. The van der Waals surface area contributed by atoms with Crippen molar-refractivity contribution in [3.05, 3.63) is 48.6 Å². The number of carbonyl (C=O) groups is 3.